The fraction of sp³-hybridized carbons (Fsp3) is 0.462. The number of para-hydroxylation sites is 1. The minimum absolute atomic E-state index is 0.0315. The molecule has 0 aromatic heterocycles. The summed E-state index contributed by atoms with van der Waals surface area (Å²) in [7, 11) is 0. The van der Waals surface area contributed by atoms with Crippen LogP contribution in [0.25, 0.3) is 0 Å². The molecule has 2 N–H and O–H groups in total. The van der Waals surface area contributed by atoms with E-state index in [1.54, 1.807) is 23.1 Å². The van der Waals surface area contributed by atoms with Crippen LogP contribution in [0.15, 0.2) is 18.2 Å². The molecule has 0 bridgehead atoms. The summed E-state index contributed by atoms with van der Waals surface area (Å²) < 4.78 is 0. The average Bonchev–Trinajstić information content (AvgIpc) is 2.63. The molecular formula is C13H18N4O3. The predicted octanol–water partition coefficient (Wildman–Crippen LogP) is 1.35. The zero-order valence-corrected chi connectivity index (χ0v) is 11.4. The van der Waals surface area contributed by atoms with E-state index in [1.165, 1.54) is 0 Å². The lowest BCUT2D eigenvalue weighted by Crippen LogP contribution is -2.33. The Labute approximate surface area is 117 Å². The molecule has 1 aromatic rings. The molecule has 108 valence electrons. The fourth-order valence-electron chi connectivity index (χ4n) is 2.32. The van der Waals surface area contributed by atoms with Gasteiger partial charge in [-0.25, -0.2) is 0 Å². The van der Waals surface area contributed by atoms with E-state index in [2.05, 4.69) is 10.6 Å². The Morgan fingerprint density at radius 3 is 3.00 bits per heavy atom. The molecule has 0 saturated carbocycles. The van der Waals surface area contributed by atoms with Gasteiger partial charge in [-0.1, -0.05) is 6.07 Å². The van der Waals surface area contributed by atoms with Crippen LogP contribution in [0, 0.1) is 10.1 Å². The zero-order valence-electron chi connectivity index (χ0n) is 11.4. The van der Waals surface area contributed by atoms with Gasteiger partial charge in [-0.3, -0.25) is 14.9 Å². The molecule has 0 spiro atoms. The van der Waals surface area contributed by atoms with Crippen LogP contribution in [0.5, 0.6) is 0 Å². The van der Waals surface area contributed by atoms with Gasteiger partial charge in [0.05, 0.1) is 11.5 Å². The Balaban J connectivity index is 2.41. The van der Waals surface area contributed by atoms with Crippen LogP contribution in [0.3, 0.4) is 0 Å². The second-order valence-corrected chi connectivity index (χ2v) is 4.59. The van der Waals surface area contributed by atoms with Crippen LogP contribution in [-0.4, -0.2) is 37.0 Å². The molecule has 1 aromatic carbocycles. The van der Waals surface area contributed by atoms with Gasteiger partial charge in [-0.15, -0.1) is 0 Å². The molecule has 0 atom stereocenters. The molecule has 7 nitrogen and oxygen atoms in total. The Kier molecular flexibility index (Phi) is 4.39. The smallest absolute Gasteiger partial charge is 0.315 e. The molecule has 0 aliphatic carbocycles. The number of amides is 1. The number of carbonyl (C=O) groups excluding carboxylic acids is 1. The molecule has 1 aliphatic heterocycles. The summed E-state index contributed by atoms with van der Waals surface area (Å²) in [5, 5.41) is 17.1. The van der Waals surface area contributed by atoms with Gasteiger partial charge < -0.3 is 15.5 Å². The molecule has 1 fully saturated rings. The van der Waals surface area contributed by atoms with Crippen LogP contribution in [0.2, 0.25) is 0 Å². The number of anilines is 2. The molecule has 7 heteroatoms. The third-order valence-corrected chi connectivity index (χ3v) is 3.17. The number of nitrogens with one attached hydrogen (secondary N) is 2. The molecule has 1 heterocycles. The van der Waals surface area contributed by atoms with Gasteiger partial charge in [-0.2, -0.15) is 0 Å². The third-order valence-electron chi connectivity index (χ3n) is 3.17. The van der Waals surface area contributed by atoms with E-state index in [1.807, 2.05) is 6.92 Å². The SMILES string of the molecule is CCNc1cccc(N2CCCNC(=O)C2)c1[N+](=O)[O-]. The van der Waals surface area contributed by atoms with Crippen molar-refractivity contribution in [3.63, 3.8) is 0 Å². The van der Waals surface area contributed by atoms with Crippen molar-refractivity contribution < 1.29 is 9.72 Å². The van der Waals surface area contributed by atoms with Gasteiger partial charge in [0, 0.05) is 19.6 Å². The molecule has 2 rings (SSSR count). The van der Waals surface area contributed by atoms with Gasteiger partial charge >= 0.3 is 5.69 Å². The van der Waals surface area contributed by atoms with Crippen LogP contribution in [-0.2, 0) is 4.79 Å². The average molecular weight is 278 g/mol. The maximum atomic E-state index is 11.6. The topological polar surface area (TPSA) is 87.5 Å². The Hall–Kier alpha value is -2.31. The molecule has 1 amide bonds. The minimum atomic E-state index is -0.393. The van der Waals surface area contributed by atoms with E-state index in [4.69, 9.17) is 0 Å². The molecule has 0 radical (unpaired) electrons. The van der Waals surface area contributed by atoms with Crippen LogP contribution >= 0.6 is 0 Å². The summed E-state index contributed by atoms with van der Waals surface area (Å²) in [6, 6.07) is 5.14. The lowest BCUT2D eigenvalue weighted by molar-refractivity contribution is -0.383. The van der Waals surface area contributed by atoms with Gasteiger partial charge in [0.15, 0.2) is 0 Å². The van der Waals surface area contributed by atoms with Crippen molar-refractivity contribution in [1.29, 1.82) is 0 Å². The van der Waals surface area contributed by atoms with Crippen LogP contribution < -0.4 is 15.5 Å². The van der Waals surface area contributed by atoms with E-state index in [0.29, 0.717) is 31.0 Å². The standard InChI is InChI=1S/C13H18N4O3/c1-2-14-10-5-3-6-11(13(10)17(19)20)16-8-4-7-15-12(18)9-16/h3,5-6,14H,2,4,7-9H2,1H3,(H,15,18). The normalized spacial score (nSPS) is 15.4. The maximum absolute atomic E-state index is 11.6. The number of hydrogen-bond donors (Lipinski definition) is 2. The highest BCUT2D eigenvalue weighted by atomic mass is 16.6. The highest BCUT2D eigenvalue weighted by molar-refractivity contribution is 5.85. The van der Waals surface area contributed by atoms with Crippen molar-refractivity contribution in [3.05, 3.63) is 28.3 Å². The third kappa shape index (κ3) is 2.98. The van der Waals surface area contributed by atoms with Gasteiger partial charge in [0.25, 0.3) is 0 Å². The lowest BCUT2D eigenvalue weighted by atomic mass is 10.2. The van der Waals surface area contributed by atoms with Gasteiger partial charge in [0.1, 0.15) is 11.4 Å². The van der Waals surface area contributed by atoms with Crippen molar-refractivity contribution in [2.45, 2.75) is 13.3 Å². The quantitative estimate of drug-likeness (QED) is 0.641. The number of nitrogens with zero attached hydrogens (tertiary/aromatic N) is 2. The number of hydrogen-bond acceptors (Lipinski definition) is 5. The van der Waals surface area contributed by atoms with Crippen molar-refractivity contribution >= 4 is 23.0 Å². The Morgan fingerprint density at radius 1 is 1.50 bits per heavy atom. The molecular weight excluding hydrogens is 260 g/mol. The molecule has 0 unspecified atom stereocenters. The highest BCUT2D eigenvalue weighted by Gasteiger charge is 2.25. The number of benzene rings is 1. The number of nitro groups is 1. The van der Waals surface area contributed by atoms with Crippen molar-refractivity contribution in [3.8, 4) is 0 Å². The van der Waals surface area contributed by atoms with E-state index in [0.717, 1.165) is 6.42 Å². The minimum Gasteiger partial charge on any atom is -0.380 e. The first-order valence-corrected chi connectivity index (χ1v) is 6.66. The summed E-state index contributed by atoms with van der Waals surface area (Å²) in [5.74, 6) is -0.106. The monoisotopic (exact) mass is 278 g/mol. The van der Waals surface area contributed by atoms with E-state index >= 15 is 0 Å². The van der Waals surface area contributed by atoms with Gasteiger partial charge in [0.2, 0.25) is 5.91 Å². The number of carbonyl (C=O) groups is 1. The van der Waals surface area contributed by atoms with Crippen LogP contribution in [0.4, 0.5) is 17.1 Å². The summed E-state index contributed by atoms with van der Waals surface area (Å²) in [6.45, 7) is 3.86. The number of nitro benzene ring substituents is 1. The van der Waals surface area contributed by atoms with Crippen molar-refractivity contribution in [2.75, 3.05) is 36.4 Å². The summed E-state index contributed by atoms with van der Waals surface area (Å²) in [6.07, 6.45) is 0.772. The first-order valence-electron chi connectivity index (χ1n) is 6.66. The largest absolute Gasteiger partial charge is 0.380 e. The first kappa shape index (κ1) is 14.1. The molecule has 20 heavy (non-hydrogen) atoms. The van der Waals surface area contributed by atoms with E-state index in [-0.39, 0.29) is 18.1 Å². The zero-order chi connectivity index (χ0) is 14.5. The van der Waals surface area contributed by atoms with Crippen molar-refractivity contribution in [2.24, 2.45) is 0 Å². The maximum Gasteiger partial charge on any atom is 0.315 e. The Bertz CT molecular complexity index is 518. The summed E-state index contributed by atoms with van der Waals surface area (Å²) >= 11 is 0. The van der Waals surface area contributed by atoms with Gasteiger partial charge in [-0.05, 0) is 25.5 Å². The molecule has 1 aliphatic rings. The Morgan fingerprint density at radius 2 is 2.30 bits per heavy atom. The lowest BCUT2D eigenvalue weighted by Gasteiger charge is -2.22. The second-order valence-electron chi connectivity index (χ2n) is 4.59. The van der Waals surface area contributed by atoms with Crippen molar-refractivity contribution in [1.82, 2.24) is 5.32 Å². The number of rotatable bonds is 4. The first-order chi connectivity index (χ1) is 9.63. The second kappa shape index (κ2) is 6.23. The summed E-state index contributed by atoms with van der Waals surface area (Å²) in [5.41, 5.74) is 1.01. The predicted molar refractivity (Wildman–Crippen MR) is 77.1 cm³/mol. The highest BCUT2D eigenvalue weighted by Crippen LogP contribution is 2.35. The van der Waals surface area contributed by atoms with E-state index in [9.17, 15) is 14.9 Å². The van der Waals surface area contributed by atoms with Crippen LogP contribution in [0.1, 0.15) is 13.3 Å². The van der Waals surface area contributed by atoms with E-state index < -0.39 is 4.92 Å². The summed E-state index contributed by atoms with van der Waals surface area (Å²) in [4.78, 5) is 24.4. The molecule has 1 saturated heterocycles. The fourth-order valence-corrected chi connectivity index (χ4v) is 2.32.